The lowest BCUT2D eigenvalue weighted by atomic mass is 9.99. The Morgan fingerprint density at radius 1 is 0.538 bits per heavy atom. The maximum absolute atomic E-state index is 14.5. The standard InChI is InChI=1S/C51H79N17O10/c1-5-6-7-8-23-61-51(78)68-50(57)60-26-11-12-36(62-31(4)69)43(73)63-38(14-10-25-59-49(55)56)45(75)67-41(29-33-17-21-35(71)22-18-33)47(77)66-40(27-30(2)3)46(76)64-37(13-9-24-58-48(53)54)44(74)65-39(42(52)72)28-32-15-19-34(70)20-16-32/h1,15-22,30,36-41,70-71H,6-14,23-29H2,2-4H3,(H2,52,72)(H,62,69)(H,63,73)(H,64,76)(H,65,74)(H,66,77)(H,67,75)(H4,53,54,58)(H4,55,56,59)(H4,57,60,61,68,78)/t36-,37-,38-,39-,40-,41-/m0/s1. The van der Waals surface area contributed by atoms with Crippen LogP contribution >= 0.6 is 0 Å². The van der Waals surface area contributed by atoms with E-state index in [9.17, 15) is 48.6 Å². The van der Waals surface area contributed by atoms with Crippen molar-refractivity contribution in [1.82, 2.24) is 42.5 Å². The Hall–Kier alpha value is -8.83. The highest BCUT2D eigenvalue weighted by Crippen LogP contribution is 2.15. The highest BCUT2D eigenvalue weighted by molar-refractivity contribution is 5.97. The Morgan fingerprint density at radius 3 is 1.37 bits per heavy atom. The fourth-order valence-corrected chi connectivity index (χ4v) is 7.54. The summed E-state index contributed by atoms with van der Waals surface area (Å²) in [5, 5.41) is 40.8. The van der Waals surface area contributed by atoms with E-state index in [1.54, 1.807) is 26.0 Å². The number of primary amides is 1. The van der Waals surface area contributed by atoms with Gasteiger partial charge in [0.15, 0.2) is 17.9 Å². The molecule has 0 spiro atoms. The number of benzene rings is 2. The number of terminal acetylenes is 1. The van der Waals surface area contributed by atoms with Crippen molar-refractivity contribution in [3.63, 3.8) is 0 Å². The molecule has 27 nitrogen and oxygen atoms in total. The number of phenols is 2. The molecule has 0 saturated carbocycles. The van der Waals surface area contributed by atoms with Gasteiger partial charge in [-0.1, -0.05) is 38.1 Å². The number of carbonyl (C=O) groups excluding carboxylic acids is 8. The molecule has 0 aliphatic carbocycles. The average Bonchev–Trinajstić information content (AvgIpc) is 3.36. The second kappa shape index (κ2) is 35.4. The van der Waals surface area contributed by atoms with Crippen LogP contribution in [0.3, 0.4) is 0 Å². The zero-order valence-corrected chi connectivity index (χ0v) is 44.5. The van der Waals surface area contributed by atoms with Gasteiger partial charge in [0.25, 0.3) is 0 Å². The number of nitrogens with two attached hydrogens (primary N) is 6. The number of urea groups is 1. The van der Waals surface area contributed by atoms with Gasteiger partial charge in [-0.25, -0.2) is 4.79 Å². The van der Waals surface area contributed by atoms with Crippen molar-refractivity contribution >= 4 is 65.3 Å². The number of guanidine groups is 3. The molecule has 0 heterocycles. The van der Waals surface area contributed by atoms with Gasteiger partial charge in [0, 0.05) is 52.4 Å². The first-order valence-electron chi connectivity index (χ1n) is 25.5. The Bertz CT molecular complexity index is 2420. The summed E-state index contributed by atoms with van der Waals surface area (Å²) in [5.74, 6) is -3.86. The van der Waals surface area contributed by atoms with Gasteiger partial charge in [-0.2, -0.15) is 0 Å². The van der Waals surface area contributed by atoms with Crippen molar-refractivity contribution in [3.05, 3.63) is 59.7 Å². The first-order chi connectivity index (χ1) is 37.0. The number of rotatable bonds is 34. The van der Waals surface area contributed by atoms with E-state index in [0.29, 0.717) is 30.5 Å². The van der Waals surface area contributed by atoms with E-state index in [2.05, 4.69) is 63.4 Å². The van der Waals surface area contributed by atoms with Crippen LogP contribution in [0.25, 0.3) is 0 Å². The van der Waals surface area contributed by atoms with Crippen LogP contribution in [0, 0.1) is 18.3 Å². The van der Waals surface area contributed by atoms with Crippen molar-refractivity contribution in [2.75, 3.05) is 26.2 Å². The number of unbranched alkanes of at least 4 members (excludes halogenated alkanes) is 2. The van der Waals surface area contributed by atoms with Gasteiger partial charge in [0.05, 0.1) is 0 Å². The van der Waals surface area contributed by atoms with Crippen LogP contribution in [0.15, 0.2) is 63.5 Å². The third-order valence-electron chi connectivity index (χ3n) is 11.4. The van der Waals surface area contributed by atoms with Crippen molar-refractivity contribution in [3.8, 4) is 23.8 Å². The Labute approximate surface area is 454 Å². The fraction of sp³-hybridized carbons (Fsp3) is 0.510. The second-order valence-electron chi connectivity index (χ2n) is 18.7. The maximum Gasteiger partial charge on any atom is 0.321 e. The topological polar surface area (TPSA) is 466 Å². The SMILES string of the molecule is C#CCCCCNC(=O)NC(N)=NCCC[C@H](NC(C)=O)C(=O)N[C@@H](CCCN=C(N)N)C(=O)N[C@@H](Cc1ccc(O)cc1)C(=O)N[C@@H](CC(C)C)C(=O)N[C@@H](CCCN=C(N)N)C(=O)N[C@@H](Cc1ccc(O)cc1)C(N)=O. The maximum atomic E-state index is 14.5. The number of nitrogens with one attached hydrogen (secondary N) is 8. The van der Waals surface area contributed by atoms with Gasteiger partial charge in [-0.3, -0.25) is 53.9 Å². The summed E-state index contributed by atoms with van der Waals surface area (Å²) in [7, 11) is 0. The summed E-state index contributed by atoms with van der Waals surface area (Å²) in [6, 6.07) is 3.30. The summed E-state index contributed by atoms with van der Waals surface area (Å²) in [4.78, 5) is 120. The molecular formula is C51H79N17O10. The van der Waals surface area contributed by atoms with Gasteiger partial charge in [-0.05, 0) is 99.1 Å². The van der Waals surface area contributed by atoms with Gasteiger partial charge in [-0.15, -0.1) is 12.3 Å². The summed E-state index contributed by atoms with van der Waals surface area (Å²) in [6.45, 7) is 5.31. The molecule has 0 saturated heterocycles. The number of hydrogen-bond acceptors (Lipinski definition) is 13. The molecule has 22 N–H and O–H groups in total. The molecule has 2 rings (SSSR count). The minimum absolute atomic E-state index is 0.0153. The fourth-order valence-electron chi connectivity index (χ4n) is 7.54. The molecule has 0 fully saturated rings. The predicted molar refractivity (Wildman–Crippen MR) is 294 cm³/mol. The van der Waals surface area contributed by atoms with Crippen LogP contribution in [0.4, 0.5) is 4.79 Å². The molecule has 27 heteroatoms. The lowest BCUT2D eigenvalue weighted by Crippen LogP contribution is -2.60. The van der Waals surface area contributed by atoms with Crippen LogP contribution in [-0.4, -0.2) is 138 Å². The molecule has 0 aromatic heterocycles. The second-order valence-corrected chi connectivity index (χ2v) is 18.7. The molecule has 2 aromatic carbocycles. The Balaban J connectivity index is 2.44. The summed E-state index contributed by atoms with van der Waals surface area (Å²) in [6.07, 6.45) is 7.49. The minimum atomic E-state index is -1.44. The minimum Gasteiger partial charge on any atom is -0.508 e. The summed E-state index contributed by atoms with van der Waals surface area (Å²) < 4.78 is 0. The smallest absolute Gasteiger partial charge is 0.321 e. The van der Waals surface area contributed by atoms with Crippen molar-refractivity contribution in [1.29, 1.82) is 0 Å². The lowest BCUT2D eigenvalue weighted by Gasteiger charge is -2.28. The molecule has 78 heavy (non-hydrogen) atoms. The van der Waals surface area contributed by atoms with E-state index >= 15 is 0 Å². The molecule has 9 amide bonds. The van der Waals surface area contributed by atoms with Crippen LogP contribution in [0.2, 0.25) is 0 Å². The normalized spacial score (nSPS) is 13.3. The van der Waals surface area contributed by atoms with Crippen molar-refractivity contribution in [2.45, 2.75) is 134 Å². The molecule has 0 radical (unpaired) electrons. The molecule has 0 aliphatic heterocycles. The van der Waals surface area contributed by atoms with Crippen LogP contribution in [0.5, 0.6) is 11.5 Å². The number of carbonyl (C=O) groups is 8. The molecule has 0 bridgehead atoms. The third kappa shape index (κ3) is 27.6. The van der Waals surface area contributed by atoms with E-state index in [1.807, 2.05) is 0 Å². The van der Waals surface area contributed by atoms with Crippen LogP contribution < -0.4 is 76.9 Å². The van der Waals surface area contributed by atoms with E-state index in [1.165, 1.54) is 43.3 Å². The first-order valence-corrected chi connectivity index (χ1v) is 25.5. The number of nitrogens with zero attached hydrogens (tertiary/aromatic N) is 3. The molecule has 6 atom stereocenters. The van der Waals surface area contributed by atoms with Crippen molar-refractivity contribution in [2.24, 2.45) is 55.3 Å². The third-order valence-corrected chi connectivity index (χ3v) is 11.4. The van der Waals surface area contributed by atoms with Gasteiger partial charge < -0.3 is 81.8 Å². The van der Waals surface area contributed by atoms with E-state index < -0.39 is 83.6 Å². The van der Waals surface area contributed by atoms with Crippen LogP contribution in [0.1, 0.15) is 96.1 Å². The van der Waals surface area contributed by atoms with E-state index in [-0.39, 0.29) is 113 Å². The van der Waals surface area contributed by atoms with Gasteiger partial charge in [0.1, 0.15) is 47.8 Å². The highest BCUT2D eigenvalue weighted by atomic mass is 16.3. The van der Waals surface area contributed by atoms with E-state index in [0.717, 1.165) is 6.42 Å². The monoisotopic (exact) mass is 1090 g/mol. The molecule has 0 unspecified atom stereocenters. The molecular weight excluding hydrogens is 1010 g/mol. The molecule has 2 aromatic rings. The predicted octanol–water partition coefficient (Wildman–Crippen LogP) is -2.35. The summed E-state index contributed by atoms with van der Waals surface area (Å²) in [5.41, 5.74) is 34.6. The average molecular weight is 1090 g/mol. The number of phenolic OH excluding ortho intramolecular Hbond substituents is 2. The lowest BCUT2D eigenvalue weighted by molar-refractivity contribution is -0.135. The van der Waals surface area contributed by atoms with Gasteiger partial charge in [0.2, 0.25) is 41.4 Å². The van der Waals surface area contributed by atoms with Crippen molar-refractivity contribution < 1.29 is 48.6 Å². The first kappa shape index (κ1) is 65.3. The zero-order valence-electron chi connectivity index (χ0n) is 44.5. The summed E-state index contributed by atoms with van der Waals surface area (Å²) >= 11 is 0. The van der Waals surface area contributed by atoms with Crippen LogP contribution in [-0.2, 0) is 46.4 Å². The number of aromatic hydroxyl groups is 2. The molecule has 0 aliphatic rings. The Morgan fingerprint density at radius 2 is 0.936 bits per heavy atom. The largest absolute Gasteiger partial charge is 0.508 e. The number of hydrogen-bond donors (Lipinski definition) is 16. The highest BCUT2D eigenvalue weighted by Gasteiger charge is 2.34. The Kier molecular flexibility index (Phi) is 29.7. The molecule has 428 valence electrons. The van der Waals surface area contributed by atoms with Gasteiger partial charge >= 0.3 is 6.03 Å². The number of amides is 9. The van der Waals surface area contributed by atoms with E-state index in [4.69, 9.17) is 40.8 Å². The zero-order chi connectivity index (χ0) is 58.2. The quantitative estimate of drug-likeness (QED) is 0.0151. The number of aliphatic imine (C=N–C) groups is 3.